The van der Waals surface area contributed by atoms with Crippen LogP contribution >= 0.6 is 35.6 Å². The highest BCUT2D eigenvalue weighted by Crippen LogP contribution is 2.38. The van der Waals surface area contributed by atoms with Crippen LogP contribution in [-0.2, 0) is 4.79 Å². The maximum absolute atomic E-state index is 12.9. The summed E-state index contributed by atoms with van der Waals surface area (Å²) in [6.07, 6.45) is 1.76. The number of thiocarbonyl (C=S) groups is 1. The number of hydrogen-bond donors (Lipinski definition) is 0. The highest BCUT2D eigenvalue weighted by molar-refractivity contribution is 8.27. The fourth-order valence-corrected chi connectivity index (χ4v) is 3.95. The van der Waals surface area contributed by atoms with E-state index in [2.05, 4.69) is 0 Å². The molecule has 2 aromatic rings. The van der Waals surface area contributed by atoms with Crippen LogP contribution in [0.4, 0.5) is 5.69 Å². The van der Waals surface area contributed by atoms with Gasteiger partial charge in [-0.25, -0.2) is 0 Å². The molecule has 0 bridgehead atoms. The van der Waals surface area contributed by atoms with Gasteiger partial charge in [0.25, 0.3) is 5.91 Å². The van der Waals surface area contributed by atoms with E-state index in [0.717, 1.165) is 11.3 Å². The van der Waals surface area contributed by atoms with Crippen LogP contribution in [0.15, 0.2) is 47.4 Å². The van der Waals surface area contributed by atoms with Gasteiger partial charge in [0.05, 0.1) is 24.3 Å². The van der Waals surface area contributed by atoms with Crippen molar-refractivity contribution in [3.05, 3.63) is 58.0 Å². The van der Waals surface area contributed by atoms with E-state index in [1.807, 2.05) is 6.92 Å². The molecule has 0 atom stereocenters. The molecule has 1 aliphatic rings. The summed E-state index contributed by atoms with van der Waals surface area (Å²) in [5.74, 6) is 1.22. The Labute approximate surface area is 166 Å². The molecule has 0 radical (unpaired) electrons. The Balaban J connectivity index is 1.93. The third kappa shape index (κ3) is 3.87. The van der Waals surface area contributed by atoms with Crippen molar-refractivity contribution in [1.29, 1.82) is 0 Å². The summed E-state index contributed by atoms with van der Waals surface area (Å²) < 4.78 is 11.2. The Morgan fingerprint density at radius 1 is 1.23 bits per heavy atom. The molecule has 2 aromatic carbocycles. The SMILES string of the molecule is CCOc1ccc(Cl)cc1/C=C1\SC(=S)N(c2ccc(OC)cc2)C1=O. The van der Waals surface area contributed by atoms with Crippen molar-refractivity contribution in [3.63, 3.8) is 0 Å². The zero-order chi connectivity index (χ0) is 18.7. The minimum Gasteiger partial charge on any atom is -0.497 e. The lowest BCUT2D eigenvalue weighted by Crippen LogP contribution is -2.27. The average molecular weight is 406 g/mol. The van der Waals surface area contributed by atoms with Gasteiger partial charge in [0, 0.05) is 10.6 Å². The normalized spacial score (nSPS) is 15.7. The number of thioether (sulfide) groups is 1. The molecule has 1 amide bonds. The van der Waals surface area contributed by atoms with Crippen LogP contribution in [0.25, 0.3) is 6.08 Å². The molecule has 1 aliphatic heterocycles. The number of carbonyl (C=O) groups is 1. The first-order valence-corrected chi connectivity index (χ1v) is 9.48. The van der Waals surface area contributed by atoms with E-state index in [1.54, 1.807) is 55.7 Å². The maximum Gasteiger partial charge on any atom is 0.270 e. The third-order valence-corrected chi connectivity index (χ3v) is 5.22. The van der Waals surface area contributed by atoms with E-state index < -0.39 is 0 Å². The van der Waals surface area contributed by atoms with E-state index in [-0.39, 0.29) is 5.91 Å². The lowest BCUT2D eigenvalue weighted by Gasteiger charge is -2.14. The van der Waals surface area contributed by atoms with Gasteiger partial charge in [-0.1, -0.05) is 35.6 Å². The zero-order valence-electron chi connectivity index (χ0n) is 14.2. The minimum absolute atomic E-state index is 0.174. The van der Waals surface area contributed by atoms with Crippen LogP contribution < -0.4 is 14.4 Å². The number of benzene rings is 2. The first kappa shape index (κ1) is 18.8. The molecule has 134 valence electrons. The fraction of sp³-hybridized carbons (Fsp3) is 0.158. The number of ether oxygens (including phenoxy) is 2. The lowest BCUT2D eigenvalue weighted by atomic mass is 10.1. The highest BCUT2D eigenvalue weighted by Gasteiger charge is 2.33. The van der Waals surface area contributed by atoms with Crippen LogP contribution in [0.5, 0.6) is 11.5 Å². The van der Waals surface area contributed by atoms with Gasteiger partial charge in [-0.05, 0) is 55.5 Å². The first-order valence-electron chi connectivity index (χ1n) is 7.88. The van der Waals surface area contributed by atoms with E-state index >= 15 is 0 Å². The van der Waals surface area contributed by atoms with Gasteiger partial charge in [-0.15, -0.1) is 0 Å². The quantitative estimate of drug-likeness (QED) is 0.508. The average Bonchev–Trinajstić information content (AvgIpc) is 2.91. The molecule has 7 heteroatoms. The van der Waals surface area contributed by atoms with Gasteiger partial charge >= 0.3 is 0 Å². The molecular weight excluding hydrogens is 390 g/mol. The predicted octanol–water partition coefficient (Wildman–Crippen LogP) is 5.15. The summed E-state index contributed by atoms with van der Waals surface area (Å²) in [5.41, 5.74) is 1.45. The summed E-state index contributed by atoms with van der Waals surface area (Å²) in [6, 6.07) is 12.5. The van der Waals surface area contributed by atoms with E-state index in [4.69, 9.17) is 33.3 Å². The van der Waals surface area contributed by atoms with Gasteiger partial charge in [0.15, 0.2) is 4.32 Å². The number of hydrogen-bond acceptors (Lipinski definition) is 5. The molecule has 1 saturated heterocycles. The number of anilines is 1. The van der Waals surface area contributed by atoms with Crippen molar-refractivity contribution in [2.45, 2.75) is 6.92 Å². The van der Waals surface area contributed by atoms with Crippen LogP contribution in [0.3, 0.4) is 0 Å². The second kappa shape index (κ2) is 8.12. The number of rotatable bonds is 5. The van der Waals surface area contributed by atoms with Crippen LogP contribution in [-0.4, -0.2) is 23.9 Å². The van der Waals surface area contributed by atoms with E-state index in [1.165, 1.54) is 16.7 Å². The van der Waals surface area contributed by atoms with Gasteiger partial charge in [0.2, 0.25) is 0 Å². The number of nitrogens with zero attached hydrogens (tertiary/aromatic N) is 1. The molecule has 3 rings (SSSR count). The van der Waals surface area contributed by atoms with Gasteiger partial charge in [0.1, 0.15) is 11.5 Å². The molecule has 1 heterocycles. The highest BCUT2D eigenvalue weighted by atomic mass is 35.5. The van der Waals surface area contributed by atoms with Crippen molar-refractivity contribution in [2.24, 2.45) is 0 Å². The first-order chi connectivity index (χ1) is 12.5. The van der Waals surface area contributed by atoms with Crippen molar-refractivity contribution in [1.82, 2.24) is 0 Å². The number of amides is 1. The third-order valence-electron chi connectivity index (χ3n) is 3.68. The van der Waals surface area contributed by atoms with Crippen molar-refractivity contribution >= 4 is 57.6 Å². The molecule has 0 N–H and O–H groups in total. The Hall–Kier alpha value is -2.02. The van der Waals surface area contributed by atoms with Crippen molar-refractivity contribution < 1.29 is 14.3 Å². The maximum atomic E-state index is 12.9. The molecule has 0 aromatic heterocycles. The van der Waals surface area contributed by atoms with Crippen molar-refractivity contribution in [3.8, 4) is 11.5 Å². The lowest BCUT2D eigenvalue weighted by molar-refractivity contribution is -0.113. The van der Waals surface area contributed by atoms with Crippen molar-refractivity contribution in [2.75, 3.05) is 18.6 Å². The minimum atomic E-state index is -0.174. The fourth-order valence-electron chi connectivity index (χ4n) is 2.48. The molecule has 0 spiro atoms. The van der Waals surface area contributed by atoms with Gasteiger partial charge in [-0.2, -0.15) is 0 Å². The van der Waals surface area contributed by atoms with Crippen LogP contribution in [0.1, 0.15) is 12.5 Å². The predicted molar refractivity (Wildman–Crippen MR) is 111 cm³/mol. The second-order valence-corrected chi connectivity index (χ2v) is 7.44. The molecule has 4 nitrogen and oxygen atoms in total. The van der Waals surface area contributed by atoms with Crippen LogP contribution in [0, 0.1) is 0 Å². The molecule has 0 unspecified atom stereocenters. The summed E-state index contributed by atoms with van der Waals surface area (Å²) in [7, 11) is 1.60. The Morgan fingerprint density at radius 2 is 1.96 bits per heavy atom. The molecule has 26 heavy (non-hydrogen) atoms. The number of carbonyl (C=O) groups excluding carboxylic acids is 1. The molecular formula is C19H16ClNO3S2. The topological polar surface area (TPSA) is 38.8 Å². The summed E-state index contributed by atoms with van der Waals surface area (Å²) >= 11 is 12.8. The number of methoxy groups -OCH3 is 1. The standard InChI is InChI=1S/C19H16ClNO3S2/c1-3-24-16-9-4-13(20)10-12(16)11-17-18(22)21(19(25)26-17)14-5-7-15(23-2)8-6-14/h4-11H,3H2,1-2H3/b17-11-. The molecule has 0 aliphatic carbocycles. The number of halogens is 1. The summed E-state index contributed by atoms with van der Waals surface area (Å²) in [4.78, 5) is 14.9. The molecule has 0 saturated carbocycles. The Morgan fingerprint density at radius 3 is 2.62 bits per heavy atom. The second-order valence-electron chi connectivity index (χ2n) is 5.33. The van der Waals surface area contributed by atoms with Crippen LogP contribution in [0.2, 0.25) is 5.02 Å². The summed E-state index contributed by atoms with van der Waals surface area (Å²) in [6.45, 7) is 2.43. The summed E-state index contributed by atoms with van der Waals surface area (Å²) in [5, 5.41) is 0.574. The molecule has 1 fully saturated rings. The monoisotopic (exact) mass is 405 g/mol. The zero-order valence-corrected chi connectivity index (χ0v) is 16.6. The van der Waals surface area contributed by atoms with E-state index in [9.17, 15) is 4.79 Å². The van der Waals surface area contributed by atoms with E-state index in [0.29, 0.717) is 32.3 Å². The smallest absolute Gasteiger partial charge is 0.270 e. The van der Waals surface area contributed by atoms with Gasteiger partial charge < -0.3 is 9.47 Å². The largest absolute Gasteiger partial charge is 0.497 e. The Bertz CT molecular complexity index is 881. The Kier molecular flexibility index (Phi) is 5.86. The van der Waals surface area contributed by atoms with Gasteiger partial charge in [-0.3, -0.25) is 9.69 Å².